The molecule has 0 aromatic heterocycles. The molecule has 0 unspecified atom stereocenters. The fourth-order valence-electron chi connectivity index (χ4n) is 0. The van der Waals surface area contributed by atoms with E-state index in [4.69, 9.17) is 0 Å². The Balaban J connectivity index is -0.00000000890. The molecule has 0 fully saturated rings. The molecule has 254 valence electrons. The van der Waals surface area contributed by atoms with Crippen LogP contribution in [0.15, 0.2) is 0 Å². The van der Waals surface area contributed by atoms with Crippen LogP contribution in [-0.2, 0) is 21.1 Å². The normalized spacial score (nSPS) is 3.69. The number of rotatable bonds is 0. The standard InChI is InChI=1S/C4H6.4C3H8.C3H4.4C2H6.4C2H5.C2H2.CH4.Pt/c1-3-4-2;5*1-3-2;9*1-2;;/h1-2H3;4*3H2,1-2H3;1H,2H3;4*1-2H3;4*1H2,2H3;1-2H;1H4;/q;;;;;;;;;;4*-1;;;+4. The first kappa shape index (κ1) is 117. The Morgan fingerprint density at radius 1 is 0.410 bits per heavy atom. The van der Waals surface area contributed by atoms with Gasteiger partial charge in [0.15, 0.2) is 0 Å². The van der Waals surface area contributed by atoms with Gasteiger partial charge in [-0.2, -0.15) is 27.7 Å². The second kappa shape index (κ2) is 1220. The Labute approximate surface area is 277 Å². The van der Waals surface area contributed by atoms with E-state index in [0.29, 0.717) is 0 Å². The molecule has 0 rings (SSSR count). The summed E-state index contributed by atoms with van der Waals surface area (Å²) >= 11 is 0. The van der Waals surface area contributed by atoms with Crippen molar-refractivity contribution in [3.05, 3.63) is 27.7 Å². The summed E-state index contributed by atoms with van der Waals surface area (Å²) in [7, 11) is 0. The molecule has 0 aliphatic carbocycles. The first-order valence-corrected chi connectivity index (χ1v) is 14.9. The Morgan fingerprint density at radius 2 is 0.436 bits per heavy atom. The summed E-state index contributed by atoms with van der Waals surface area (Å²) in [6.07, 6.45) is 17.6. The molecule has 0 aromatic carbocycles. The molecule has 0 atom stereocenters. The van der Waals surface area contributed by atoms with Crippen molar-refractivity contribution in [2.75, 3.05) is 0 Å². The molecule has 0 saturated heterocycles. The summed E-state index contributed by atoms with van der Waals surface area (Å²) in [5, 5.41) is 0. The van der Waals surface area contributed by atoms with Crippen LogP contribution in [0.2, 0.25) is 0 Å². The summed E-state index contributed by atoms with van der Waals surface area (Å²) in [4.78, 5) is 0. The Kier molecular flexibility index (Phi) is 3670. The van der Waals surface area contributed by atoms with Gasteiger partial charge in [-0.3, -0.25) is 0 Å². The van der Waals surface area contributed by atoms with Gasteiger partial charge < -0.3 is 27.7 Å². The third kappa shape index (κ3) is 345000. The monoisotopic (exact) mass is 744 g/mol. The van der Waals surface area contributed by atoms with Crippen LogP contribution < -0.4 is 0 Å². The van der Waals surface area contributed by atoms with Crippen molar-refractivity contribution in [1.82, 2.24) is 0 Å². The SMILES string of the molecule is C.C#C.C#CC.CC.CC.CC.CC.CC#CC.CCC.CCC.CCC.CCC.[CH2-]C.[CH2-]C.[CH2-]C.[CH2-]C.[Pt+4]. The fourth-order valence-corrected chi connectivity index (χ4v) is 0. The van der Waals surface area contributed by atoms with Crippen LogP contribution in [0.3, 0.4) is 0 Å². The third-order valence-corrected chi connectivity index (χ3v) is 0.250. The minimum absolute atomic E-state index is 0. The van der Waals surface area contributed by atoms with Crippen LogP contribution in [0.4, 0.5) is 0 Å². The zero-order valence-electron chi connectivity index (χ0n) is 32.2. The largest absolute Gasteiger partial charge is 4.00 e. The van der Waals surface area contributed by atoms with E-state index in [9.17, 15) is 0 Å². The molecule has 0 aromatic rings. The third-order valence-electron chi connectivity index (χ3n) is 0.250. The maximum Gasteiger partial charge on any atom is 4.00 e. The summed E-state index contributed by atoms with van der Waals surface area (Å²) in [6, 6.07) is 0. The van der Waals surface area contributed by atoms with E-state index in [0.717, 1.165) is 0 Å². The van der Waals surface area contributed by atoms with Gasteiger partial charge in [0.25, 0.3) is 0 Å². The van der Waals surface area contributed by atoms with Crippen LogP contribution in [0.1, 0.15) is 192 Å². The molecule has 1 heteroatoms. The fraction of sp³-hybridized carbons (Fsp3) is 0.737. The molecule has 39 heavy (non-hydrogen) atoms. The zero-order chi connectivity index (χ0) is 34.9. The molecule has 0 heterocycles. The van der Waals surface area contributed by atoms with Gasteiger partial charge in [-0.05, 0) is 20.8 Å². The van der Waals surface area contributed by atoms with E-state index in [-0.39, 0.29) is 28.5 Å². The van der Waals surface area contributed by atoms with E-state index in [1.54, 1.807) is 34.6 Å². The summed E-state index contributed by atoms with van der Waals surface area (Å²) in [6.45, 7) is 58.3. The van der Waals surface area contributed by atoms with Crippen molar-refractivity contribution in [2.24, 2.45) is 0 Å². The molecular formula is C38H92Pt. The number of terminal acetylenes is 2. The van der Waals surface area contributed by atoms with Crippen LogP contribution in [0.5, 0.6) is 0 Å². The predicted octanol–water partition coefficient (Wildman–Crippen LogP) is 15.7. The Morgan fingerprint density at radius 3 is 0.436 bits per heavy atom. The van der Waals surface area contributed by atoms with Crippen molar-refractivity contribution in [3.63, 3.8) is 0 Å². The predicted molar refractivity (Wildman–Crippen MR) is 204 cm³/mol. The molecule has 0 spiro atoms. The van der Waals surface area contributed by atoms with Gasteiger partial charge in [-0.15, -0.1) is 37.0 Å². The van der Waals surface area contributed by atoms with Gasteiger partial charge in [0, 0.05) is 0 Å². The van der Waals surface area contributed by atoms with Crippen LogP contribution in [-0.4, -0.2) is 0 Å². The van der Waals surface area contributed by atoms with Crippen molar-refractivity contribution >= 4 is 0 Å². The molecule has 0 nitrogen and oxygen atoms in total. The average Bonchev–Trinajstić information content (AvgIpc) is 3.00. The molecular weight excluding hydrogens is 651 g/mol. The molecule has 0 saturated carbocycles. The maximum absolute atomic E-state index is 4.60. The van der Waals surface area contributed by atoms with E-state index in [1.165, 1.54) is 25.7 Å². The van der Waals surface area contributed by atoms with Crippen LogP contribution >= 0.6 is 0 Å². The van der Waals surface area contributed by atoms with E-state index >= 15 is 0 Å². The van der Waals surface area contributed by atoms with E-state index < -0.39 is 0 Å². The number of hydrogen-bond donors (Lipinski definition) is 0. The summed E-state index contributed by atoms with van der Waals surface area (Å²) < 4.78 is 0. The molecule has 0 radical (unpaired) electrons. The maximum atomic E-state index is 4.60. The van der Waals surface area contributed by atoms with Gasteiger partial charge in [0.2, 0.25) is 0 Å². The Hall–Kier alpha value is -0.632. The van der Waals surface area contributed by atoms with E-state index in [1.807, 2.05) is 69.2 Å². The van der Waals surface area contributed by atoms with Gasteiger partial charge in [-0.25, -0.2) is 0 Å². The minimum atomic E-state index is 0. The van der Waals surface area contributed by atoms with Gasteiger partial charge in [0.05, 0.1) is 0 Å². The molecule has 0 aliphatic heterocycles. The second-order valence-electron chi connectivity index (χ2n) is 3.62. The first-order chi connectivity index (χ1) is 18.0. The molecule has 0 bridgehead atoms. The van der Waals surface area contributed by atoms with Crippen molar-refractivity contribution in [3.8, 4) is 37.0 Å². The molecule has 0 N–H and O–H groups in total. The quantitative estimate of drug-likeness (QED) is 0.171. The molecule has 0 aliphatic rings. The van der Waals surface area contributed by atoms with Crippen LogP contribution in [0, 0.1) is 64.7 Å². The molecule has 0 amide bonds. The first-order valence-electron chi connectivity index (χ1n) is 14.9. The van der Waals surface area contributed by atoms with Crippen molar-refractivity contribution < 1.29 is 21.1 Å². The topological polar surface area (TPSA) is 0 Å². The summed E-state index contributed by atoms with van der Waals surface area (Å²) in [5.41, 5.74) is 0. The van der Waals surface area contributed by atoms with Crippen molar-refractivity contribution in [1.29, 1.82) is 0 Å². The van der Waals surface area contributed by atoms with Gasteiger partial charge >= 0.3 is 21.1 Å². The average molecular weight is 744 g/mol. The van der Waals surface area contributed by atoms with Crippen LogP contribution in [0.25, 0.3) is 0 Å². The Bertz CT molecular complexity index is 160. The van der Waals surface area contributed by atoms with E-state index in [2.05, 4.69) is 120 Å². The summed E-state index contributed by atoms with van der Waals surface area (Å²) in [5.74, 6) is 7.61. The second-order valence-corrected chi connectivity index (χ2v) is 3.62. The minimum Gasteiger partial charge on any atom is -0.346 e. The zero-order valence-corrected chi connectivity index (χ0v) is 34.5. The van der Waals surface area contributed by atoms with Crippen molar-refractivity contribution in [2.45, 2.75) is 192 Å². The van der Waals surface area contributed by atoms with Gasteiger partial charge in [-0.1, -0.05) is 144 Å². The smallest absolute Gasteiger partial charge is 0.346 e. The van der Waals surface area contributed by atoms with Gasteiger partial charge in [0.1, 0.15) is 0 Å². The number of hydrogen-bond acceptors (Lipinski definition) is 0.